The van der Waals surface area contributed by atoms with Gasteiger partial charge in [0.1, 0.15) is 12.3 Å². The Bertz CT molecular complexity index is 521. The van der Waals surface area contributed by atoms with Crippen molar-refractivity contribution < 1.29 is 19.8 Å². The van der Waals surface area contributed by atoms with Crippen LogP contribution in [-0.2, 0) is 4.79 Å². The zero-order chi connectivity index (χ0) is 15.1. The number of phenols is 1. The minimum atomic E-state index is -1.15. The summed E-state index contributed by atoms with van der Waals surface area (Å²) >= 11 is 0. The summed E-state index contributed by atoms with van der Waals surface area (Å²) in [6.07, 6.45) is 0.165. The van der Waals surface area contributed by atoms with Crippen LogP contribution in [-0.4, -0.2) is 47.3 Å². The molecular weight excluding hydrogens is 262 g/mol. The summed E-state index contributed by atoms with van der Waals surface area (Å²) in [5.41, 5.74) is 0.360. The van der Waals surface area contributed by atoms with Crippen molar-refractivity contribution in [3.63, 3.8) is 0 Å². The van der Waals surface area contributed by atoms with Crippen molar-refractivity contribution in [2.45, 2.75) is 6.42 Å². The van der Waals surface area contributed by atoms with Gasteiger partial charge in [-0.05, 0) is 24.3 Å². The molecule has 0 bridgehead atoms. The Hall–Kier alpha value is -2.75. The van der Waals surface area contributed by atoms with E-state index >= 15 is 0 Å². The molecule has 0 spiro atoms. The highest BCUT2D eigenvalue weighted by molar-refractivity contribution is 5.96. The molecule has 7 heteroatoms. The fourth-order valence-electron chi connectivity index (χ4n) is 1.56. The minimum absolute atomic E-state index is 0.0225. The number of phenolic OH excluding ortho intramolecular Hbond substituents is 1. The number of anilines is 1. The SMILES string of the molecule is CN(CCC#N)C(=O)N(CC(=O)O)c1ccc(O)cc1. The van der Waals surface area contributed by atoms with Gasteiger partial charge >= 0.3 is 12.0 Å². The van der Waals surface area contributed by atoms with Gasteiger partial charge in [-0.15, -0.1) is 0 Å². The molecular formula is C13H15N3O4. The molecule has 0 aliphatic carbocycles. The topological polar surface area (TPSA) is 105 Å². The first-order valence-corrected chi connectivity index (χ1v) is 5.86. The zero-order valence-electron chi connectivity index (χ0n) is 11.0. The van der Waals surface area contributed by atoms with E-state index in [0.717, 1.165) is 4.90 Å². The molecule has 0 radical (unpaired) electrons. The van der Waals surface area contributed by atoms with Crippen LogP contribution in [0.5, 0.6) is 5.75 Å². The number of nitriles is 1. The number of carboxylic acid groups (broad SMARTS) is 1. The van der Waals surface area contributed by atoms with Crippen LogP contribution < -0.4 is 4.90 Å². The van der Waals surface area contributed by atoms with Crippen LogP contribution in [0.25, 0.3) is 0 Å². The van der Waals surface area contributed by atoms with Crippen molar-refractivity contribution in [2.75, 3.05) is 25.0 Å². The third kappa shape index (κ3) is 4.17. The lowest BCUT2D eigenvalue weighted by molar-refractivity contribution is -0.135. The first-order valence-electron chi connectivity index (χ1n) is 5.86. The largest absolute Gasteiger partial charge is 0.508 e. The van der Waals surface area contributed by atoms with E-state index in [0.29, 0.717) is 5.69 Å². The lowest BCUT2D eigenvalue weighted by Crippen LogP contribution is -2.44. The first-order chi connectivity index (χ1) is 9.45. The van der Waals surface area contributed by atoms with Crippen molar-refractivity contribution in [1.82, 2.24) is 4.90 Å². The number of aliphatic carboxylic acids is 1. The average Bonchev–Trinajstić information content (AvgIpc) is 2.42. The summed E-state index contributed by atoms with van der Waals surface area (Å²) in [6.45, 7) is -0.288. The van der Waals surface area contributed by atoms with Crippen molar-refractivity contribution in [2.24, 2.45) is 0 Å². The standard InChI is InChI=1S/C13H15N3O4/c1-15(8-2-7-14)13(20)16(9-12(18)19)10-3-5-11(17)6-4-10/h3-6,17H,2,8-9H2,1H3,(H,18,19). The predicted octanol–water partition coefficient (Wildman–Crippen LogP) is 1.25. The Balaban J connectivity index is 2.94. The Morgan fingerprint density at radius 2 is 1.90 bits per heavy atom. The normalized spacial score (nSPS) is 9.60. The fourth-order valence-corrected chi connectivity index (χ4v) is 1.56. The summed E-state index contributed by atoms with van der Waals surface area (Å²) < 4.78 is 0. The quantitative estimate of drug-likeness (QED) is 0.842. The van der Waals surface area contributed by atoms with E-state index in [1.54, 1.807) is 0 Å². The highest BCUT2D eigenvalue weighted by atomic mass is 16.4. The van der Waals surface area contributed by atoms with Gasteiger partial charge in [-0.1, -0.05) is 0 Å². The molecule has 106 valence electrons. The number of carbonyl (C=O) groups is 2. The second-order valence-corrected chi connectivity index (χ2v) is 4.11. The highest BCUT2D eigenvalue weighted by Gasteiger charge is 2.22. The molecule has 1 aromatic rings. The second-order valence-electron chi connectivity index (χ2n) is 4.11. The summed E-state index contributed by atoms with van der Waals surface area (Å²) in [7, 11) is 1.49. The molecule has 2 amide bonds. The number of benzene rings is 1. The highest BCUT2D eigenvalue weighted by Crippen LogP contribution is 2.19. The van der Waals surface area contributed by atoms with Gasteiger partial charge in [-0.25, -0.2) is 4.79 Å². The number of aromatic hydroxyl groups is 1. The van der Waals surface area contributed by atoms with Gasteiger partial charge in [0, 0.05) is 19.3 Å². The lowest BCUT2D eigenvalue weighted by Gasteiger charge is -2.26. The van der Waals surface area contributed by atoms with Crippen molar-refractivity contribution in [3.8, 4) is 11.8 Å². The summed E-state index contributed by atoms with van der Waals surface area (Å²) in [6, 6.07) is 7.04. The third-order valence-corrected chi connectivity index (χ3v) is 2.57. The van der Waals surface area contributed by atoms with E-state index in [-0.39, 0.29) is 18.7 Å². The molecule has 2 N–H and O–H groups in total. The Morgan fingerprint density at radius 1 is 1.30 bits per heavy atom. The Labute approximate surface area is 116 Å². The maximum Gasteiger partial charge on any atom is 0.324 e. The second kappa shape index (κ2) is 6.99. The molecule has 7 nitrogen and oxygen atoms in total. The molecule has 1 aromatic carbocycles. The monoisotopic (exact) mass is 277 g/mol. The Kier molecular flexibility index (Phi) is 5.35. The van der Waals surface area contributed by atoms with Crippen molar-refractivity contribution in [3.05, 3.63) is 24.3 Å². The number of hydrogen-bond donors (Lipinski definition) is 2. The number of carbonyl (C=O) groups excluding carboxylic acids is 1. The van der Waals surface area contributed by atoms with E-state index in [1.165, 1.54) is 36.2 Å². The number of amides is 2. The van der Waals surface area contributed by atoms with Gasteiger partial charge in [0.2, 0.25) is 0 Å². The van der Waals surface area contributed by atoms with E-state index in [4.69, 9.17) is 10.4 Å². The molecule has 20 heavy (non-hydrogen) atoms. The lowest BCUT2D eigenvalue weighted by atomic mass is 10.2. The summed E-state index contributed by atoms with van der Waals surface area (Å²) in [5.74, 6) is -1.13. The van der Waals surface area contributed by atoms with Crippen LogP contribution in [0.2, 0.25) is 0 Å². The maximum absolute atomic E-state index is 12.2. The number of hydrogen-bond acceptors (Lipinski definition) is 4. The number of urea groups is 1. The molecule has 0 aliphatic heterocycles. The number of rotatable bonds is 5. The first kappa shape index (κ1) is 15.3. The van der Waals surface area contributed by atoms with Gasteiger partial charge < -0.3 is 15.1 Å². The minimum Gasteiger partial charge on any atom is -0.508 e. The van der Waals surface area contributed by atoms with E-state index in [2.05, 4.69) is 0 Å². The number of nitrogens with zero attached hydrogens (tertiary/aromatic N) is 3. The van der Waals surface area contributed by atoms with Crippen molar-refractivity contribution in [1.29, 1.82) is 5.26 Å². The predicted molar refractivity (Wildman–Crippen MR) is 71.3 cm³/mol. The van der Waals surface area contributed by atoms with Crippen molar-refractivity contribution >= 4 is 17.7 Å². The molecule has 0 unspecified atom stereocenters. The molecule has 1 rings (SSSR count). The molecule has 0 aliphatic rings. The fraction of sp³-hybridized carbons (Fsp3) is 0.308. The average molecular weight is 277 g/mol. The van der Waals surface area contributed by atoms with Crippen LogP contribution >= 0.6 is 0 Å². The Morgan fingerprint density at radius 3 is 2.40 bits per heavy atom. The molecule has 0 fully saturated rings. The smallest absolute Gasteiger partial charge is 0.324 e. The van der Waals surface area contributed by atoms with Crippen LogP contribution in [0.1, 0.15) is 6.42 Å². The summed E-state index contributed by atoms with van der Waals surface area (Å²) in [5, 5.41) is 26.6. The van der Waals surface area contributed by atoms with Gasteiger partial charge in [0.05, 0.1) is 12.5 Å². The van der Waals surface area contributed by atoms with Crippen LogP contribution in [0.4, 0.5) is 10.5 Å². The van der Waals surface area contributed by atoms with Crippen LogP contribution in [0.15, 0.2) is 24.3 Å². The number of carboxylic acids is 1. The molecule has 0 saturated heterocycles. The summed E-state index contributed by atoms with van der Waals surface area (Å²) in [4.78, 5) is 25.4. The maximum atomic E-state index is 12.2. The molecule has 0 heterocycles. The van der Waals surface area contributed by atoms with Crippen LogP contribution in [0.3, 0.4) is 0 Å². The molecule has 0 saturated carbocycles. The van der Waals surface area contributed by atoms with E-state index in [1.807, 2.05) is 6.07 Å². The van der Waals surface area contributed by atoms with Gasteiger partial charge in [-0.2, -0.15) is 5.26 Å². The zero-order valence-corrected chi connectivity index (χ0v) is 11.0. The van der Waals surface area contributed by atoms with Gasteiger partial charge in [0.25, 0.3) is 0 Å². The van der Waals surface area contributed by atoms with Crippen LogP contribution in [0, 0.1) is 11.3 Å². The van der Waals surface area contributed by atoms with Gasteiger partial charge in [0.15, 0.2) is 0 Å². The third-order valence-electron chi connectivity index (χ3n) is 2.57. The molecule has 0 aromatic heterocycles. The van der Waals surface area contributed by atoms with E-state index in [9.17, 15) is 14.7 Å². The van der Waals surface area contributed by atoms with E-state index < -0.39 is 18.5 Å². The molecule has 0 atom stereocenters. The van der Waals surface area contributed by atoms with Gasteiger partial charge in [-0.3, -0.25) is 9.69 Å².